The molecule has 0 saturated heterocycles. The number of amides is 1. The van der Waals surface area contributed by atoms with Crippen LogP contribution < -0.4 is 5.43 Å². The molecule has 0 fully saturated rings. The molecule has 1 aromatic heterocycles. The first kappa shape index (κ1) is 20.1. The van der Waals surface area contributed by atoms with Crippen LogP contribution in [0.4, 0.5) is 0 Å². The van der Waals surface area contributed by atoms with E-state index in [4.69, 9.17) is 11.6 Å². The first-order valence-electron chi connectivity index (χ1n) is 8.78. The van der Waals surface area contributed by atoms with Gasteiger partial charge in [-0.05, 0) is 19.9 Å². The van der Waals surface area contributed by atoms with Crippen LogP contribution in [0.25, 0.3) is 11.4 Å². The molecule has 1 N–H and O–H groups in total. The highest BCUT2D eigenvalue weighted by molar-refractivity contribution is 7.99. The molecular formula is C20H20ClN5OS. The first-order valence-corrected chi connectivity index (χ1v) is 10.1. The topological polar surface area (TPSA) is 72.2 Å². The molecule has 2 aromatic carbocycles. The number of carbonyl (C=O) groups is 1. The maximum atomic E-state index is 12.1. The second-order valence-electron chi connectivity index (χ2n) is 6.02. The summed E-state index contributed by atoms with van der Waals surface area (Å²) in [4.78, 5) is 12.1. The molecule has 28 heavy (non-hydrogen) atoms. The lowest BCUT2D eigenvalue weighted by Gasteiger charge is -2.07. The Morgan fingerprint density at radius 3 is 2.68 bits per heavy atom. The van der Waals surface area contributed by atoms with Crippen molar-refractivity contribution in [1.29, 1.82) is 0 Å². The van der Waals surface area contributed by atoms with Gasteiger partial charge in [0.1, 0.15) is 0 Å². The lowest BCUT2D eigenvalue weighted by molar-refractivity contribution is -0.118. The summed E-state index contributed by atoms with van der Waals surface area (Å²) in [6.45, 7) is 4.78. The monoisotopic (exact) mass is 413 g/mol. The van der Waals surface area contributed by atoms with Crippen molar-refractivity contribution in [3.05, 3.63) is 64.7 Å². The molecular weight excluding hydrogens is 394 g/mol. The minimum Gasteiger partial charge on any atom is -0.302 e. The van der Waals surface area contributed by atoms with Crippen LogP contribution in [-0.2, 0) is 11.3 Å². The van der Waals surface area contributed by atoms with Crippen molar-refractivity contribution >= 4 is 35.5 Å². The van der Waals surface area contributed by atoms with Crippen LogP contribution in [0.5, 0.6) is 0 Å². The number of benzene rings is 2. The molecule has 0 saturated carbocycles. The summed E-state index contributed by atoms with van der Waals surface area (Å²) in [5.74, 6) is 0.754. The van der Waals surface area contributed by atoms with E-state index >= 15 is 0 Å². The minimum absolute atomic E-state index is 0.186. The number of hydrogen-bond donors (Lipinski definition) is 1. The molecule has 0 bridgehead atoms. The van der Waals surface area contributed by atoms with E-state index in [0.717, 1.165) is 17.0 Å². The van der Waals surface area contributed by atoms with Gasteiger partial charge in [0, 0.05) is 22.7 Å². The zero-order chi connectivity index (χ0) is 19.9. The molecule has 1 amide bonds. The average molecular weight is 414 g/mol. The molecule has 0 radical (unpaired) electrons. The predicted octanol–water partition coefficient (Wildman–Crippen LogP) is 4.17. The zero-order valence-corrected chi connectivity index (χ0v) is 17.2. The Labute approximate surface area is 173 Å². The smallest absolute Gasteiger partial charge is 0.250 e. The zero-order valence-electron chi connectivity index (χ0n) is 15.6. The van der Waals surface area contributed by atoms with Gasteiger partial charge in [-0.2, -0.15) is 5.10 Å². The van der Waals surface area contributed by atoms with Gasteiger partial charge >= 0.3 is 0 Å². The van der Waals surface area contributed by atoms with Gasteiger partial charge in [-0.1, -0.05) is 71.4 Å². The maximum absolute atomic E-state index is 12.1. The molecule has 0 aliphatic carbocycles. The number of thioether (sulfide) groups is 1. The first-order chi connectivity index (χ1) is 13.6. The molecule has 0 aliphatic rings. The molecule has 3 aromatic rings. The number of nitrogens with one attached hydrogen (secondary N) is 1. The number of hydrazone groups is 1. The van der Waals surface area contributed by atoms with Gasteiger partial charge in [0.2, 0.25) is 0 Å². The Morgan fingerprint density at radius 2 is 1.96 bits per heavy atom. The van der Waals surface area contributed by atoms with E-state index in [1.165, 1.54) is 23.5 Å². The fourth-order valence-electron chi connectivity index (χ4n) is 2.51. The van der Waals surface area contributed by atoms with Crippen LogP contribution in [-0.4, -0.2) is 32.6 Å². The van der Waals surface area contributed by atoms with E-state index in [-0.39, 0.29) is 11.7 Å². The molecule has 6 nitrogen and oxygen atoms in total. The van der Waals surface area contributed by atoms with Crippen LogP contribution in [0.3, 0.4) is 0 Å². The number of nitrogens with zero attached hydrogens (tertiary/aromatic N) is 4. The third-order valence-electron chi connectivity index (χ3n) is 3.97. The van der Waals surface area contributed by atoms with Crippen LogP contribution in [0.2, 0.25) is 5.02 Å². The number of halogens is 1. The molecule has 144 valence electrons. The van der Waals surface area contributed by atoms with Gasteiger partial charge in [-0.25, -0.2) is 5.43 Å². The highest BCUT2D eigenvalue weighted by Crippen LogP contribution is 2.24. The lowest BCUT2D eigenvalue weighted by atomic mass is 10.1. The summed E-state index contributed by atoms with van der Waals surface area (Å²) in [5, 5.41) is 13.8. The molecule has 1 heterocycles. The third-order valence-corrected chi connectivity index (χ3v) is 5.28. The van der Waals surface area contributed by atoms with Crippen LogP contribution in [0.15, 0.2) is 58.8 Å². The van der Waals surface area contributed by atoms with Gasteiger partial charge < -0.3 is 4.57 Å². The van der Waals surface area contributed by atoms with Gasteiger partial charge in [-0.15, -0.1) is 10.2 Å². The molecule has 0 atom stereocenters. The number of aryl methyl sites for hydroxylation is 1. The van der Waals surface area contributed by atoms with Crippen molar-refractivity contribution in [2.45, 2.75) is 25.5 Å². The van der Waals surface area contributed by atoms with E-state index in [1.807, 2.05) is 60.9 Å². The second-order valence-corrected chi connectivity index (χ2v) is 7.37. The van der Waals surface area contributed by atoms with E-state index in [0.29, 0.717) is 16.7 Å². The van der Waals surface area contributed by atoms with E-state index in [1.54, 1.807) is 6.07 Å². The summed E-state index contributed by atoms with van der Waals surface area (Å²) < 4.78 is 2.00. The SMILES string of the molecule is CCn1c(SCC(=O)N/N=C\c2ccccc2Cl)nnc1-c1ccc(C)cc1. The van der Waals surface area contributed by atoms with Gasteiger partial charge in [-0.3, -0.25) is 4.79 Å². The largest absolute Gasteiger partial charge is 0.302 e. The Bertz CT molecular complexity index is 985. The maximum Gasteiger partial charge on any atom is 0.250 e. The molecule has 0 unspecified atom stereocenters. The van der Waals surface area contributed by atoms with Crippen molar-refractivity contribution in [2.24, 2.45) is 5.10 Å². The summed E-state index contributed by atoms with van der Waals surface area (Å²) in [7, 11) is 0. The predicted molar refractivity (Wildman–Crippen MR) is 114 cm³/mol. The Balaban J connectivity index is 1.60. The summed E-state index contributed by atoms with van der Waals surface area (Å²) >= 11 is 7.37. The Kier molecular flexibility index (Phi) is 6.84. The van der Waals surface area contributed by atoms with Gasteiger partial charge in [0.25, 0.3) is 5.91 Å². The summed E-state index contributed by atoms with van der Waals surface area (Å²) in [6, 6.07) is 15.4. The standard InChI is InChI=1S/C20H20ClN5OS/c1-3-26-19(15-10-8-14(2)9-11-15)24-25-20(26)28-13-18(27)23-22-12-16-6-4-5-7-17(16)21/h4-12H,3,13H2,1-2H3,(H,23,27)/b22-12-. The summed E-state index contributed by atoms with van der Waals surface area (Å²) in [5.41, 5.74) is 5.44. The Morgan fingerprint density at radius 1 is 1.21 bits per heavy atom. The fraction of sp³-hybridized carbons (Fsp3) is 0.200. The number of rotatable bonds is 7. The molecule has 0 aliphatic heterocycles. The second kappa shape index (κ2) is 9.52. The molecule has 0 spiro atoms. The highest BCUT2D eigenvalue weighted by Gasteiger charge is 2.14. The minimum atomic E-state index is -0.226. The molecule has 8 heteroatoms. The summed E-state index contributed by atoms with van der Waals surface area (Å²) in [6.07, 6.45) is 1.52. The van der Waals surface area contributed by atoms with Crippen molar-refractivity contribution in [2.75, 3.05) is 5.75 Å². The van der Waals surface area contributed by atoms with Gasteiger partial charge in [0.05, 0.1) is 12.0 Å². The lowest BCUT2D eigenvalue weighted by Crippen LogP contribution is -2.20. The van der Waals surface area contributed by atoms with Crippen molar-refractivity contribution < 1.29 is 4.79 Å². The fourth-order valence-corrected chi connectivity index (χ4v) is 3.49. The number of aromatic nitrogens is 3. The quantitative estimate of drug-likeness (QED) is 0.358. The molecule has 3 rings (SSSR count). The highest BCUT2D eigenvalue weighted by atomic mass is 35.5. The van der Waals surface area contributed by atoms with E-state index < -0.39 is 0 Å². The van der Waals surface area contributed by atoms with E-state index in [2.05, 4.69) is 20.7 Å². The number of carbonyl (C=O) groups excluding carboxylic acids is 1. The average Bonchev–Trinajstić information content (AvgIpc) is 3.11. The normalized spacial score (nSPS) is 11.1. The van der Waals surface area contributed by atoms with Crippen molar-refractivity contribution in [3.8, 4) is 11.4 Å². The van der Waals surface area contributed by atoms with Crippen LogP contribution in [0, 0.1) is 6.92 Å². The van der Waals surface area contributed by atoms with Crippen molar-refractivity contribution in [1.82, 2.24) is 20.2 Å². The van der Waals surface area contributed by atoms with Crippen molar-refractivity contribution in [3.63, 3.8) is 0 Å². The third kappa shape index (κ3) is 4.99. The number of hydrogen-bond acceptors (Lipinski definition) is 5. The van der Waals surface area contributed by atoms with E-state index in [9.17, 15) is 4.79 Å². The Hall–Kier alpha value is -2.64. The van der Waals surface area contributed by atoms with Crippen LogP contribution in [0.1, 0.15) is 18.1 Å². The van der Waals surface area contributed by atoms with Gasteiger partial charge in [0.15, 0.2) is 11.0 Å². The van der Waals surface area contributed by atoms with Crippen LogP contribution >= 0.6 is 23.4 Å².